The van der Waals surface area contributed by atoms with Crippen LogP contribution in [0.3, 0.4) is 0 Å². The van der Waals surface area contributed by atoms with Gasteiger partial charge in [-0.05, 0) is 80.4 Å². The van der Waals surface area contributed by atoms with Crippen LogP contribution in [0.1, 0.15) is 42.1 Å². The summed E-state index contributed by atoms with van der Waals surface area (Å²) in [6.45, 7) is 1.02. The second-order valence-corrected chi connectivity index (χ2v) is 9.12. The van der Waals surface area contributed by atoms with Crippen molar-refractivity contribution in [2.45, 2.75) is 31.3 Å². The van der Waals surface area contributed by atoms with Gasteiger partial charge in [0.15, 0.2) is 0 Å². The molecule has 3 aromatic carbocycles. The van der Waals surface area contributed by atoms with Gasteiger partial charge in [0.2, 0.25) is 0 Å². The van der Waals surface area contributed by atoms with E-state index >= 15 is 0 Å². The number of likely N-dealkylation sites (tertiary alicyclic amines) is 1. The standard InChI is InChI=1S/C29H28FN5O/c1-35-18-6-5-9-27(35)28(21-7-3-2-4-8-21)32-29(36)31-23-15-17-26-24(19-23)25(33-34-26)16-12-20-10-13-22(30)14-11-20/h2-4,7-8,10-11,13-15,17,19,27-28H,5-6,9,18H2,1H3,(H,33,34)(H2,31,32,36)/t27-,28?/m1/s1. The number of aromatic nitrogens is 2. The van der Waals surface area contributed by atoms with Crippen LogP contribution in [0.2, 0.25) is 0 Å². The van der Waals surface area contributed by atoms with E-state index in [-0.39, 0.29) is 23.9 Å². The highest BCUT2D eigenvalue weighted by atomic mass is 19.1. The zero-order valence-corrected chi connectivity index (χ0v) is 20.1. The number of rotatable bonds is 4. The summed E-state index contributed by atoms with van der Waals surface area (Å²) < 4.78 is 13.2. The normalized spacial score (nSPS) is 16.7. The number of piperidine rings is 1. The van der Waals surface area contributed by atoms with E-state index in [1.165, 1.54) is 18.6 Å². The second kappa shape index (κ2) is 10.6. The summed E-state index contributed by atoms with van der Waals surface area (Å²) in [5.41, 5.74) is 3.82. The lowest BCUT2D eigenvalue weighted by atomic mass is 9.91. The minimum atomic E-state index is -0.300. The van der Waals surface area contributed by atoms with Gasteiger partial charge in [0.05, 0.1) is 11.6 Å². The molecule has 1 aliphatic heterocycles. The maximum atomic E-state index is 13.2. The molecular weight excluding hydrogens is 453 g/mol. The van der Waals surface area contributed by atoms with E-state index in [1.807, 2.05) is 36.4 Å². The topological polar surface area (TPSA) is 73.1 Å². The minimum Gasteiger partial charge on any atom is -0.329 e. The van der Waals surface area contributed by atoms with Gasteiger partial charge in [-0.2, -0.15) is 5.10 Å². The van der Waals surface area contributed by atoms with Crippen LogP contribution in [0.25, 0.3) is 10.9 Å². The highest BCUT2D eigenvalue weighted by Crippen LogP contribution is 2.28. The first-order valence-electron chi connectivity index (χ1n) is 12.2. The van der Waals surface area contributed by atoms with Crippen LogP contribution >= 0.6 is 0 Å². The molecule has 0 aliphatic carbocycles. The molecule has 0 radical (unpaired) electrons. The lowest BCUT2D eigenvalue weighted by molar-refractivity contribution is 0.147. The average Bonchev–Trinajstić information content (AvgIpc) is 3.30. The Labute approximate surface area is 209 Å². The number of nitrogens with one attached hydrogen (secondary N) is 3. The summed E-state index contributed by atoms with van der Waals surface area (Å²) in [6, 6.07) is 21.5. The lowest BCUT2D eigenvalue weighted by Crippen LogP contribution is -2.47. The first kappa shape index (κ1) is 23.6. The number of hydrogen-bond acceptors (Lipinski definition) is 3. The predicted octanol–water partition coefficient (Wildman–Crippen LogP) is 5.45. The van der Waals surface area contributed by atoms with Gasteiger partial charge in [0.25, 0.3) is 0 Å². The summed E-state index contributed by atoms with van der Waals surface area (Å²) >= 11 is 0. The van der Waals surface area contributed by atoms with Crippen LogP contribution in [-0.2, 0) is 0 Å². The summed E-state index contributed by atoms with van der Waals surface area (Å²) in [6.07, 6.45) is 3.37. The van der Waals surface area contributed by atoms with Gasteiger partial charge >= 0.3 is 6.03 Å². The monoisotopic (exact) mass is 481 g/mol. The Morgan fingerprint density at radius 3 is 2.67 bits per heavy atom. The molecule has 4 aromatic rings. The highest BCUT2D eigenvalue weighted by molar-refractivity contribution is 5.94. The molecule has 0 bridgehead atoms. The number of halogens is 1. The molecule has 0 spiro atoms. The third-order valence-corrected chi connectivity index (χ3v) is 6.64. The van der Waals surface area contributed by atoms with Crippen molar-refractivity contribution in [3.05, 3.63) is 95.4 Å². The summed E-state index contributed by atoms with van der Waals surface area (Å²) in [4.78, 5) is 15.5. The number of urea groups is 1. The number of benzene rings is 3. The molecule has 5 rings (SSSR count). The molecule has 0 saturated carbocycles. The minimum absolute atomic E-state index is 0.119. The Morgan fingerprint density at radius 1 is 1.08 bits per heavy atom. The molecule has 1 saturated heterocycles. The number of carbonyl (C=O) groups is 1. The third kappa shape index (κ3) is 5.40. The molecule has 36 heavy (non-hydrogen) atoms. The fourth-order valence-electron chi connectivity index (χ4n) is 4.74. The first-order valence-corrected chi connectivity index (χ1v) is 12.2. The molecule has 6 nitrogen and oxygen atoms in total. The molecule has 2 heterocycles. The van der Waals surface area contributed by atoms with Crippen LogP contribution in [0.15, 0.2) is 72.8 Å². The van der Waals surface area contributed by atoms with Gasteiger partial charge in [-0.1, -0.05) is 42.7 Å². The zero-order chi connectivity index (χ0) is 24.9. The van der Waals surface area contributed by atoms with E-state index in [1.54, 1.807) is 12.1 Å². The van der Waals surface area contributed by atoms with E-state index in [0.717, 1.165) is 35.9 Å². The average molecular weight is 482 g/mol. The number of aromatic amines is 1. The largest absolute Gasteiger partial charge is 0.329 e. The Morgan fingerprint density at radius 2 is 1.89 bits per heavy atom. The Bertz CT molecular complexity index is 1400. The van der Waals surface area contributed by atoms with Crippen molar-refractivity contribution in [2.75, 3.05) is 18.9 Å². The molecule has 182 valence electrons. The van der Waals surface area contributed by atoms with Crippen molar-refractivity contribution < 1.29 is 9.18 Å². The molecule has 1 aromatic heterocycles. The van der Waals surface area contributed by atoms with Crippen LogP contribution in [0, 0.1) is 17.7 Å². The van der Waals surface area contributed by atoms with Crippen LogP contribution in [-0.4, -0.2) is 40.8 Å². The fraction of sp³-hybridized carbons (Fsp3) is 0.241. The third-order valence-electron chi connectivity index (χ3n) is 6.64. The van der Waals surface area contributed by atoms with Gasteiger partial charge in [-0.25, -0.2) is 9.18 Å². The maximum absolute atomic E-state index is 13.2. The van der Waals surface area contributed by atoms with Crippen molar-refractivity contribution >= 4 is 22.6 Å². The van der Waals surface area contributed by atoms with Gasteiger partial charge in [-0.3, -0.25) is 5.10 Å². The number of carbonyl (C=O) groups excluding carboxylic acids is 1. The van der Waals surface area contributed by atoms with Crippen LogP contribution in [0.5, 0.6) is 0 Å². The summed E-state index contributed by atoms with van der Waals surface area (Å²) in [5.74, 6) is 5.78. The Balaban J connectivity index is 1.34. The van der Waals surface area contributed by atoms with Gasteiger partial charge in [0, 0.05) is 22.7 Å². The van der Waals surface area contributed by atoms with Crippen molar-refractivity contribution in [1.82, 2.24) is 20.4 Å². The number of likely N-dealkylation sites (N-methyl/N-ethyl adjacent to an activating group) is 1. The van der Waals surface area contributed by atoms with E-state index in [0.29, 0.717) is 16.9 Å². The van der Waals surface area contributed by atoms with Crippen molar-refractivity contribution in [3.63, 3.8) is 0 Å². The van der Waals surface area contributed by atoms with Gasteiger partial charge in [-0.15, -0.1) is 0 Å². The molecule has 2 atom stereocenters. The fourth-order valence-corrected chi connectivity index (χ4v) is 4.74. The van der Waals surface area contributed by atoms with Crippen molar-refractivity contribution in [2.24, 2.45) is 0 Å². The van der Waals surface area contributed by atoms with Crippen molar-refractivity contribution in [3.8, 4) is 11.8 Å². The first-order chi connectivity index (χ1) is 17.6. The van der Waals surface area contributed by atoms with E-state index in [4.69, 9.17) is 0 Å². The number of H-pyrrole nitrogens is 1. The molecule has 3 N–H and O–H groups in total. The smallest absolute Gasteiger partial charge is 0.319 e. The van der Waals surface area contributed by atoms with Gasteiger partial charge < -0.3 is 15.5 Å². The number of fused-ring (bicyclic) bond motifs is 1. The number of nitrogens with zero attached hydrogens (tertiary/aromatic N) is 2. The highest BCUT2D eigenvalue weighted by Gasteiger charge is 2.30. The van der Waals surface area contributed by atoms with E-state index < -0.39 is 0 Å². The maximum Gasteiger partial charge on any atom is 0.319 e. The van der Waals surface area contributed by atoms with E-state index in [2.05, 4.69) is 56.8 Å². The molecular formula is C29H28FN5O. The predicted molar refractivity (Wildman–Crippen MR) is 140 cm³/mol. The lowest BCUT2D eigenvalue weighted by Gasteiger charge is -2.38. The molecule has 1 aliphatic rings. The second-order valence-electron chi connectivity index (χ2n) is 9.12. The molecule has 1 unspecified atom stereocenters. The zero-order valence-electron chi connectivity index (χ0n) is 20.1. The van der Waals surface area contributed by atoms with Crippen LogP contribution in [0.4, 0.5) is 14.9 Å². The molecule has 7 heteroatoms. The van der Waals surface area contributed by atoms with E-state index in [9.17, 15) is 9.18 Å². The summed E-state index contributed by atoms with van der Waals surface area (Å²) in [7, 11) is 2.13. The number of anilines is 1. The van der Waals surface area contributed by atoms with Gasteiger partial charge in [0.1, 0.15) is 11.5 Å². The van der Waals surface area contributed by atoms with Crippen LogP contribution < -0.4 is 10.6 Å². The summed E-state index contributed by atoms with van der Waals surface area (Å²) in [5, 5.41) is 14.2. The van der Waals surface area contributed by atoms with Crippen molar-refractivity contribution in [1.29, 1.82) is 0 Å². The SMILES string of the molecule is CN1CCCC[C@@H]1C(NC(=O)Nc1ccc2n[nH]c(C#Cc3ccc(F)cc3)c2c1)c1ccccc1. The Kier molecular flexibility index (Phi) is 6.96. The quantitative estimate of drug-likeness (QED) is 0.340. The molecule has 1 fully saturated rings. The Hall–Kier alpha value is -4.15. The number of amides is 2. The molecule has 2 amide bonds. The number of hydrogen-bond donors (Lipinski definition) is 3.